The minimum absolute atomic E-state index is 0.847. The van der Waals surface area contributed by atoms with Crippen molar-refractivity contribution in [2.24, 2.45) is 0 Å². The molecule has 5 rings (SSSR count). The number of rotatable bonds is 4. The predicted octanol–water partition coefficient (Wildman–Crippen LogP) is 3.40. The van der Waals surface area contributed by atoms with Gasteiger partial charge in [-0.2, -0.15) is 4.52 Å². The van der Waals surface area contributed by atoms with Crippen LogP contribution in [-0.4, -0.2) is 42.2 Å². The highest BCUT2D eigenvalue weighted by atomic mass is 32.2. The first kappa shape index (κ1) is 16.2. The molecule has 132 valence electrons. The van der Waals surface area contributed by atoms with Gasteiger partial charge in [0.2, 0.25) is 0 Å². The molecule has 0 unspecified atom stereocenters. The quantitative estimate of drug-likeness (QED) is 0.398. The van der Waals surface area contributed by atoms with Gasteiger partial charge in [0.1, 0.15) is 4.83 Å². The zero-order chi connectivity index (χ0) is 17.5. The van der Waals surface area contributed by atoms with Gasteiger partial charge in [-0.3, -0.25) is 4.90 Å². The molecule has 0 radical (unpaired) electrons. The van der Waals surface area contributed by atoms with Crippen LogP contribution in [0.2, 0.25) is 0 Å². The molecule has 1 aliphatic heterocycles. The maximum absolute atomic E-state index is 4.86. The number of hydrogen-bond donors (Lipinski definition) is 0. The molecule has 0 N–H and O–H groups in total. The number of thiophene rings is 1. The first-order chi connectivity index (χ1) is 12.8. The van der Waals surface area contributed by atoms with E-state index in [1.54, 1.807) is 27.6 Å². The molecule has 0 atom stereocenters. The van der Waals surface area contributed by atoms with Crippen LogP contribution in [0, 0.1) is 0 Å². The average molecular weight is 383 g/mol. The Morgan fingerprint density at radius 1 is 1.23 bits per heavy atom. The summed E-state index contributed by atoms with van der Waals surface area (Å²) in [6.07, 6.45) is 1.02. The molecule has 0 saturated heterocycles. The Bertz CT molecular complexity index is 1070. The molecule has 0 spiro atoms. The molecule has 4 heterocycles. The number of aromatic nitrogens is 5. The summed E-state index contributed by atoms with van der Waals surface area (Å²) in [5, 5.41) is 14.4. The van der Waals surface area contributed by atoms with Gasteiger partial charge >= 0.3 is 0 Å². The fraction of sp³-hybridized carbons (Fsp3) is 0.333. The molecule has 1 aromatic carbocycles. The largest absolute Gasteiger partial charge is 0.294 e. The molecule has 26 heavy (non-hydrogen) atoms. The van der Waals surface area contributed by atoms with Crippen LogP contribution in [-0.2, 0) is 19.5 Å². The zero-order valence-electron chi connectivity index (χ0n) is 14.4. The van der Waals surface area contributed by atoms with Crippen molar-refractivity contribution in [3.8, 4) is 0 Å². The van der Waals surface area contributed by atoms with E-state index in [9.17, 15) is 0 Å². The number of benzene rings is 1. The van der Waals surface area contributed by atoms with Crippen LogP contribution in [0.25, 0.3) is 15.9 Å². The minimum Gasteiger partial charge on any atom is -0.294 e. The summed E-state index contributed by atoms with van der Waals surface area (Å²) in [5.41, 5.74) is 3.59. The summed E-state index contributed by atoms with van der Waals surface area (Å²) in [5.74, 6) is 0.948. The lowest BCUT2D eigenvalue weighted by atomic mass is 10.0. The van der Waals surface area contributed by atoms with E-state index in [-0.39, 0.29) is 0 Å². The van der Waals surface area contributed by atoms with E-state index in [2.05, 4.69) is 57.7 Å². The second-order valence-electron chi connectivity index (χ2n) is 6.37. The molecule has 1 aliphatic rings. The Balaban J connectivity index is 1.54. The van der Waals surface area contributed by atoms with E-state index in [0.717, 1.165) is 52.8 Å². The highest BCUT2D eigenvalue weighted by molar-refractivity contribution is 7.99. The summed E-state index contributed by atoms with van der Waals surface area (Å²) in [6.45, 7) is 5.12. The van der Waals surface area contributed by atoms with E-state index < -0.39 is 0 Å². The Kier molecular flexibility index (Phi) is 4.11. The van der Waals surface area contributed by atoms with Crippen LogP contribution in [0.3, 0.4) is 0 Å². The predicted molar refractivity (Wildman–Crippen MR) is 105 cm³/mol. The first-order valence-corrected chi connectivity index (χ1v) is 10.5. The van der Waals surface area contributed by atoms with Crippen molar-refractivity contribution in [1.29, 1.82) is 0 Å². The van der Waals surface area contributed by atoms with Crippen LogP contribution >= 0.6 is 23.1 Å². The van der Waals surface area contributed by atoms with Gasteiger partial charge in [0.15, 0.2) is 10.8 Å². The maximum Gasteiger partial charge on any atom is 0.194 e. The normalized spacial score (nSPS) is 15.0. The van der Waals surface area contributed by atoms with Crippen LogP contribution < -0.4 is 0 Å². The van der Waals surface area contributed by atoms with Gasteiger partial charge in [-0.1, -0.05) is 49.0 Å². The zero-order valence-corrected chi connectivity index (χ0v) is 16.1. The lowest BCUT2D eigenvalue weighted by Crippen LogP contribution is -2.29. The van der Waals surface area contributed by atoms with E-state index in [4.69, 9.17) is 4.98 Å². The lowest BCUT2D eigenvalue weighted by molar-refractivity contribution is 0.249. The van der Waals surface area contributed by atoms with Crippen LogP contribution in [0.4, 0.5) is 0 Å². The number of nitrogens with zero attached hydrogens (tertiary/aromatic N) is 6. The molecule has 0 bridgehead atoms. The number of tetrazole rings is 1. The van der Waals surface area contributed by atoms with Crippen molar-refractivity contribution in [1.82, 2.24) is 29.9 Å². The van der Waals surface area contributed by atoms with E-state index in [0.29, 0.717) is 0 Å². The highest BCUT2D eigenvalue weighted by Gasteiger charge is 2.25. The highest BCUT2D eigenvalue weighted by Crippen LogP contribution is 2.37. The average Bonchev–Trinajstić information content (AvgIpc) is 3.26. The summed E-state index contributed by atoms with van der Waals surface area (Å²) in [4.78, 5) is 9.84. The van der Waals surface area contributed by atoms with Gasteiger partial charge in [0.05, 0.1) is 5.39 Å². The smallest absolute Gasteiger partial charge is 0.194 e. The molecule has 3 aromatic heterocycles. The SMILES string of the molecule is CCSc1nc2sc3c(c2c2nnnn12)CCN(Cc1ccccc1)C3. The van der Waals surface area contributed by atoms with Crippen molar-refractivity contribution in [2.75, 3.05) is 12.3 Å². The Morgan fingerprint density at radius 3 is 2.96 bits per heavy atom. The summed E-state index contributed by atoms with van der Waals surface area (Å²) in [6, 6.07) is 10.7. The monoisotopic (exact) mass is 382 g/mol. The molecule has 0 fully saturated rings. The molecule has 6 nitrogen and oxygen atoms in total. The summed E-state index contributed by atoms with van der Waals surface area (Å²) < 4.78 is 1.79. The van der Waals surface area contributed by atoms with Crippen molar-refractivity contribution in [3.05, 3.63) is 46.3 Å². The Hall–Kier alpha value is -2.03. The molecule has 0 amide bonds. The minimum atomic E-state index is 0.847. The van der Waals surface area contributed by atoms with Gasteiger partial charge in [-0.05, 0) is 33.7 Å². The molecule has 0 saturated carbocycles. The first-order valence-electron chi connectivity index (χ1n) is 8.75. The number of thioether (sulfide) groups is 1. The summed E-state index contributed by atoms with van der Waals surface area (Å²) >= 11 is 3.48. The van der Waals surface area contributed by atoms with Crippen LogP contribution in [0.15, 0.2) is 35.5 Å². The van der Waals surface area contributed by atoms with E-state index in [1.807, 2.05) is 0 Å². The third-order valence-corrected chi connectivity index (χ3v) is 6.63. The standard InChI is InChI=1S/C18H18N6S2/c1-2-25-18-19-17-15(16-20-21-22-24(16)18)13-8-9-23(11-14(13)26-17)10-12-6-4-3-5-7-12/h3-7H,2,8-11H2,1H3. The van der Waals surface area contributed by atoms with Gasteiger partial charge < -0.3 is 0 Å². The molecule has 4 aromatic rings. The molecule has 0 aliphatic carbocycles. The van der Waals surface area contributed by atoms with Crippen molar-refractivity contribution in [3.63, 3.8) is 0 Å². The fourth-order valence-electron chi connectivity index (χ4n) is 3.56. The van der Waals surface area contributed by atoms with Crippen molar-refractivity contribution < 1.29 is 0 Å². The van der Waals surface area contributed by atoms with Gasteiger partial charge in [0, 0.05) is 24.5 Å². The van der Waals surface area contributed by atoms with Crippen LogP contribution in [0.1, 0.15) is 22.9 Å². The second-order valence-corrected chi connectivity index (χ2v) is 8.69. The third kappa shape index (κ3) is 2.69. The van der Waals surface area contributed by atoms with Gasteiger partial charge in [-0.15, -0.1) is 16.4 Å². The van der Waals surface area contributed by atoms with Gasteiger partial charge in [-0.25, -0.2) is 4.98 Å². The maximum atomic E-state index is 4.86. The fourth-order valence-corrected chi connectivity index (χ4v) is 5.53. The summed E-state index contributed by atoms with van der Waals surface area (Å²) in [7, 11) is 0. The second kappa shape index (κ2) is 6.61. The number of fused-ring (bicyclic) bond motifs is 5. The van der Waals surface area contributed by atoms with E-state index >= 15 is 0 Å². The Morgan fingerprint density at radius 2 is 2.12 bits per heavy atom. The van der Waals surface area contributed by atoms with Crippen molar-refractivity contribution in [2.45, 2.75) is 31.6 Å². The van der Waals surface area contributed by atoms with E-state index in [1.165, 1.54) is 16.0 Å². The topological polar surface area (TPSA) is 59.2 Å². The van der Waals surface area contributed by atoms with Crippen LogP contribution in [0.5, 0.6) is 0 Å². The van der Waals surface area contributed by atoms with Crippen molar-refractivity contribution >= 4 is 39.0 Å². The molecule has 8 heteroatoms. The number of hydrogen-bond acceptors (Lipinski definition) is 7. The van der Waals surface area contributed by atoms with Gasteiger partial charge in [0.25, 0.3) is 0 Å². The molecular weight excluding hydrogens is 364 g/mol. The Labute approximate surface area is 159 Å². The third-order valence-electron chi connectivity index (χ3n) is 4.71. The molecular formula is C18H18N6S2. The lowest BCUT2D eigenvalue weighted by Gasteiger charge is -2.26.